The van der Waals surface area contributed by atoms with Crippen molar-refractivity contribution in [2.24, 2.45) is 11.8 Å². The molecule has 1 saturated carbocycles. The molecule has 0 spiro atoms. The molecule has 0 amide bonds. The van der Waals surface area contributed by atoms with Crippen LogP contribution in [-0.4, -0.2) is 23.7 Å². The molecule has 16 heavy (non-hydrogen) atoms. The van der Waals surface area contributed by atoms with Gasteiger partial charge in [0.1, 0.15) is 0 Å². The molecule has 0 bridgehead atoms. The second-order valence-electron chi connectivity index (χ2n) is 5.17. The van der Waals surface area contributed by atoms with E-state index < -0.39 is 5.97 Å². The van der Waals surface area contributed by atoms with E-state index >= 15 is 0 Å². The molecule has 0 radical (unpaired) electrons. The van der Waals surface area contributed by atoms with E-state index in [0.717, 1.165) is 24.8 Å². The van der Waals surface area contributed by atoms with Crippen LogP contribution in [0.25, 0.3) is 0 Å². The van der Waals surface area contributed by atoms with E-state index in [0.29, 0.717) is 6.04 Å². The maximum atomic E-state index is 10.4. The SMILES string of the molecule is CC1CCCCC1C(C)NCCCC(=O)O. The third-order valence-corrected chi connectivity index (χ3v) is 3.85. The monoisotopic (exact) mass is 227 g/mol. The van der Waals surface area contributed by atoms with E-state index in [2.05, 4.69) is 19.2 Å². The van der Waals surface area contributed by atoms with Crippen LogP contribution in [0.1, 0.15) is 52.4 Å². The molecule has 1 aliphatic carbocycles. The zero-order chi connectivity index (χ0) is 12.0. The molecule has 3 nitrogen and oxygen atoms in total. The summed E-state index contributed by atoms with van der Waals surface area (Å²) in [5, 5.41) is 12.0. The van der Waals surface area contributed by atoms with Gasteiger partial charge in [0.15, 0.2) is 0 Å². The van der Waals surface area contributed by atoms with Crippen LogP contribution in [0.5, 0.6) is 0 Å². The lowest BCUT2D eigenvalue weighted by atomic mass is 9.77. The van der Waals surface area contributed by atoms with E-state index in [-0.39, 0.29) is 6.42 Å². The first kappa shape index (κ1) is 13.5. The molecule has 3 heteroatoms. The number of rotatable bonds is 6. The zero-order valence-electron chi connectivity index (χ0n) is 10.5. The highest BCUT2D eigenvalue weighted by Crippen LogP contribution is 2.31. The second-order valence-corrected chi connectivity index (χ2v) is 5.17. The van der Waals surface area contributed by atoms with Crippen LogP contribution in [0.15, 0.2) is 0 Å². The number of nitrogens with one attached hydrogen (secondary N) is 1. The number of aliphatic carboxylic acids is 1. The van der Waals surface area contributed by atoms with Crippen molar-refractivity contribution in [1.29, 1.82) is 0 Å². The summed E-state index contributed by atoms with van der Waals surface area (Å²) in [5.41, 5.74) is 0. The van der Waals surface area contributed by atoms with Gasteiger partial charge in [0.05, 0.1) is 0 Å². The molecule has 0 aliphatic heterocycles. The van der Waals surface area contributed by atoms with Gasteiger partial charge in [-0.05, 0) is 38.1 Å². The van der Waals surface area contributed by atoms with Gasteiger partial charge in [-0.15, -0.1) is 0 Å². The molecule has 1 aliphatic rings. The summed E-state index contributed by atoms with van der Waals surface area (Å²) in [6.45, 7) is 5.42. The normalized spacial score (nSPS) is 27.6. The molecular formula is C13H25NO2. The quantitative estimate of drug-likeness (QED) is 0.686. The van der Waals surface area contributed by atoms with Gasteiger partial charge in [0.25, 0.3) is 0 Å². The number of carboxylic acid groups (broad SMARTS) is 1. The number of hydrogen-bond acceptors (Lipinski definition) is 2. The summed E-state index contributed by atoms with van der Waals surface area (Å²) in [7, 11) is 0. The van der Waals surface area contributed by atoms with Crippen LogP contribution in [0, 0.1) is 11.8 Å². The Morgan fingerprint density at radius 1 is 1.44 bits per heavy atom. The van der Waals surface area contributed by atoms with Crippen molar-refractivity contribution in [1.82, 2.24) is 5.32 Å². The molecule has 3 atom stereocenters. The van der Waals surface area contributed by atoms with Gasteiger partial charge >= 0.3 is 5.97 Å². The topological polar surface area (TPSA) is 49.3 Å². The van der Waals surface area contributed by atoms with E-state index in [1.54, 1.807) is 0 Å². The minimum Gasteiger partial charge on any atom is -0.481 e. The van der Waals surface area contributed by atoms with Crippen LogP contribution in [0.3, 0.4) is 0 Å². The minimum absolute atomic E-state index is 0.278. The Bertz CT molecular complexity index is 218. The Morgan fingerprint density at radius 3 is 2.75 bits per heavy atom. The van der Waals surface area contributed by atoms with Crippen LogP contribution in [0.4, 0.5) is 0 Å². The molecule has 2 N–H and O–H groups in total. The van der Waals surface area contributed by atoms with Crippen LogP contribution in [0.2, 0.25) is 0 Å². The van der Waals surface area contributed by atoms with Gasteiger partial charge in [-0.25, -0.2) is 0 Å². The maximum absolute atomic E-state index is 10.4. The minimum atomic E-state index is -0.694. The Balaban J connectivity index is 2.17. The zero-order valence-corrected chi connectivity index (χ0v) is 10.5. The van der Waals surface area contributed by atoms with E-state index in [4.69, 9.17) is 5.11 Å². The van der Waals surface area contributed by atoms with Crippen molar-refractivity contribution >= 4 is 5.97 Å². The molecule has 0 aromatic carbocycles. The summed E-state index contributed by atoms with van der Waals surface area (Å²) in [5.74, 6) is 0.898. The molecule has 0 saturated heterocycles. The molecule has 3 unspecified atom stereocenters. The summed E-state index contributed by atoms with van der Waals surface area (Å²) >= 11 is 0. The predicted molar refractivity (Wildman–Crippen MR) is 65.5 cm³/mol. The molecule has 0 heterocycles. The highest BCUT2D eigenvalue weighted by atomic mass is 16.4. The van der Waals surface area contributed by atoms with Gasteiger partial charge in [0.2, 0.25) is 0 Å². The third kappa shape index (κ3) is 4.52. The molecule has 0 aromatic heterocycles. The maximum Gasteiger partial charge on any atom is 0.303 e. The Hall–Kier alpha value is -0.570. The summed E-state index contributed by atoms with van der Waals surface area (Å²) in [6.07, 6.45) is 6.43. The van der Waals surface area contributed by atoms with Gasteiger partial charge < -0.3 is 10.4 Å². The van der Waals surface area contributed by atoms with Crippen molar-refractivity contribution < 1.29 is 9.90 Å². The summed E-state index contributed by atoms with van der Waals surface area (Å²) in [6, 6.07) is 0.532. The van der Waals surface area contributed by atoms with Crippen molar-refractivity contribution in [3.63, 3.8) is 0 Å². The van der Waals surface area contributed by atoms with E-state index in [1.807, 2.05) is 0 Å². The van der Waals surface area contributed by atoms with Gasteiger partial charge in [-0.2, -0.15) is 0 Å². The summed E-state index contributed by atoms with van der Waals surface area (Å²) < 4.78 is 0. The smallest absolute Gasteiger partial charge is 0.303 e. The number of carboxylic acids is 1. The molecular weight excluding hydrogens is 202 g/mol. The molecule has 1 rings (SSSR count). The first-order chi connectivity index (χ1) is 7.61. The van der Waals surface area contributed by atoms with Crippen LogP contribution >= 0.6 is 0 Å². The average Bonchev–Trinajstić information content (AvgIpc) is 2.24. The predicted octanol–water partition coefficient (Wildman–Crippen LogP) is 2.66. The van der Waals surface area contributed by atoms with Gasteiger partial charge in [0, 0.05) is 12.5 Å². The van der Waals surface area contributed by atoms with E-state index in [1.165, 1.54) is 25.7 Å². The number of hydrogen-bond donors (Lipinski definition) is 2. The largest absolute Gasteiger partial charge is 0.481 e. The lowest BCUT2D eigenvalue weighted by Crippen LogP contribution is -2.38. The molecule has 94 valence electrons. The fourth-order valence-electron chi connectivity index (χ4n) is 2.81. The third-order valence-electron chi connectivity index (χ3n) is 3.85. The van der Waals surface area contributed by atoms with E-state index in [9.17, 15) is 4.79 Å². The summed E-state index contributed by atoms with van der Waals surface area (Å²) in [4.78, 5) is 10.4. The Labute approximate surface area is 98.6 Å². The fourth-order valence-corrected chi connectivity index (χ4v) is 2.81. The van der Waals surface area contributed by atoms with Crippen LogP contribution < -0.4 is 5.32 Å². The van der Waals surface area contributed by atoms with Crippen LogP contribution in [-0.2, 0) is 4.79 Å². The number of carbonyl (C=O) groups is 1. The lowest BCUT2D eigenvalue weighted by Gasteiger charge is -2.34. The fraction of sp³-hybridized carbons (Fsp3) is 0.923. The first-order valence-corrected chi connectivity index (χ1v) is 6.56. The molecule has 0 aromatic rings. The Morgan fingerprint density at radius 2 is 2.12 bits per heavy atom. The Kier molecular flexibility index (Phi) is 5.81. The van der Waals surface area contributed by atoms with Crippen molar-refractivity contribution in [3.05, 3.63) is 0 Å². The highest BCUT2D eigenvalue weighted by molar-refractivity contribution is 5.66. The second kappa shape index (κ2) is 6.89. The van der Waals surface area contributed by atoms with Gasteiger partial charge in [-0.1, -0.05) is 26.2 Å². The highest BCUT2D eigenvalue weighted by Gasteiger charge is 2.25. The standard InChI is InChI=1S/C13H25NO2/c1-10-6-3-4-7-12(10)11(2)14-9-5-8-13(15)16/h10-12,14H,3-9H2,1-2H3,(H,15,16). The van der Waals surface area contributed by atoms with Crippen molar-refractivity contribution in [2.45, 2.75) is 58.4 Å². The first-order valence-electron chi connectivity index (χ1n) is 6.56. The molecule has 1 fully saturated rings. The van der Waals surface area contributed by atoms with Crippen molar-refractivity contribution in [2.75, 3.05) is 6.54 Å². The van der Waals surface area contributed by atoms with Crippen molar-refractivity contribution in [3.8, 4) is 0 Å². The lowest BCUT2D eigenvalue weighted by molar-refractivity contribution is -0.137. The van der Waals surface area contributed by atoms with Gasteiger partial charge in [-0.3, -0.25) is 4.79 Å². The average molecular weight is 227 g/mol.